The Morgan fingerprint density at radius 1 is 1.08 bits per heavy atom. The number of hydrogen-bond acceptors (Lipinski definition) is 7. The molecule has 0 unspecified atom stereocenters. The van der Waals surface area contributed by atoms with Crippen molar-refractivity contribution in [1.82, 2.24) is 0 Å². The van der Waals surface area contributed by atoms with Gasteiger partial charge in [-0.3, -0.25) is 0 Å². The molecule has 25 heavy (non-hydrogen) atoms. The molecule has 3 aliphatic rings. The average molecular weight is 353 g/mol. The molecule has 5 atom stereocenters. The van der Waals surface area contributed by atoms with Gasteiger partial charge in [0.05, 0.1) is 12.9 Å². The Morgan fingerprint density at radius 2 is 1.84 bits per heavy atom. The highest BCUT2D eigenvalue weighted by atomic mass is 16.8. The summed E-state index contributed by atoms with van der Waals surface area (Å²) >= 11 is 0. The fourth-order valence-electron chi connectivity index (χ4n) is 3.55. The number of furan rings is 1. The molecule has 0 amide bonds. The Hall–Kier alpha value is -1.45. The van der Waals surface area contributed by atoms with Gasteiger partial charge in [0.25, 0.3) is 6.23 Å². The minimum Gasteiger partial charge on any atom is -0.622 e. The summed E-state index contributed by atoms with van der Waals surface area (Å²) in [6.45, 7) is 7.70. The van der Waals surface area contributed by atoms with Crippen molar-refractivity contribution in [2.24, 2.45) is 0 Å². The summed E-state index contributed by atoms with van der Waals surface area (Å²) in [6.07, 6.45) is 0.260. The predicted molar refractivity (Wildman–Crippen MR) is 84.9 cm³/mol. The van der Waals surface area contributed by atoms with Crippen LogP contribution in [-0.2, 0) is 23.7 Å². The summed E-state index contributed by atoms with van der Waals surface area (Å²) in [5.74, 6) is -1.04. The lowest BCUT2D eigenvalue weighted by Gasteiger charge is -2.26. The molecule has 0 bridgehead atoms. The van der Waals surface area contributed by atoms with Gasteiger partial charge in [0.1, 0.15) is 18.3 Å². The zero-order valence-electron chi connectivity index (χ0n) is 14.7. The lowest BCUT2D eigenvalue weighted by atomic mass is 10.1. The molecule has 0 radical (unpaired) electrons. The van der Waals surface area contributed by atoms with Crippen molar-refractivity contribution in [1.29, 1.82) is 0 Å². The molecule has 8 heteroatoms. The van der Waals surface area contributed by atoms with Crippen molar-refractivity contribution >= 4 is 6.21 Å². The second-order valence-corrected chi connectivity index (χ2v) is 7.43. The number of nitrogens with zero attached hydrogens (tertiary/aromatic N) is 1. The first kappa shape index (κ1) is 17.0. The summed E-state index contributed by atoms with van der Waals surface area (Å²) in [6, 6.07) is 3.41. The molecule has 0 spiro atoms. The van der Waals surface area contributed by atoms with Crippen LogP contribution in [0.15, 0.2) is 22.8 Å². The van der Waals surface area contributed by atoms with E-state index in [0.717, 1.165) is 0 Å². The van der Waals surface area contributed by atoms with Crippen LogP contribution in [0.4, 0.5) is 0 Å². The van der Waals surface area contributed by atoms with E-state index in [0.29, 0.717) is 17.1 Å². The van der Waals surface area contributed by atoms with Gasteiger partial charge in [-0.2, -0.15) is 4.74 Å². The molecule has 4 rings (SSSR count). The molecule has 0 N–H and O–H groups in total. The average Bonchev–Trinajstić information content (AvgIpc) is 3.23. The standard InChI is InChI=1S/C17H23NO7/c1-16(2)21-9-11(23-16)12-13-14(25-17(3,4)24-13)15(22-12)18(19)8-10-6-5-7-20-10/h5-8,11-15H,9H2,1-4H3/b18-8-/t11-,12-,13+,14+,15-/m1/s1. The zero-order valence-corrected chi connectivity index (χ0v) is 14.7. The van der Waals surface area contributed by atoms with Gasteiger partial charge in [-0.1, -0.05) is 0 Å². The molecule has 1 aromatic rings. The molecule has 0 saturated carbocycles. The normalized spacial score (nSPS) is 39.7. The third kappa shape index (κ3) is 3.20. The van der Waals surface area contributed by atoms with Gasteiger partial charge in [0.15, 0.2) is 23.4 Å². The summed E-state index contributed by atoms with van der Waals surface area (Å²) < 4.78 is 35.4. The molecular weight excluding hydrogens is 330 g/mol. The predicted octanol–water partition coefficient (Wildman–Crippen LogP) is 1.61. The number of hydroxylamine groups is 1. The van der Waals surface area contributed by atoms with Gasteiger partial charge >= 0.3 is 0 Å². The number of rotatable bonds is 3. The van der Waals surface area contributed by atoms with Crippen LogP contribution in [0, 0.1) is 5.21 Å². The highest BCUT2D eigenvalue weighted by Crippen LogP contribution is 2.42. The smallest absolute Gasteiger partial charge is 0.297 e. The Morgan fingerprint density at radius 3 is 2.48 bits per heavy atom. The number of fused-ring (bicyclic) bond motifs is 1. The van der Waals surface area contributed by atoms with Crippen molar-refractivity contribution in [2.45, 2.75) is 69.9 Å². The van der Waals surface area contributed by atoms with Gasteiger partial charge < -0.3 is 33.3 Å². The summed E-state index contributed by atoms with van der Waals surface area (Å²) in [5, 5.41) is 12.6. The maximum Gasteiger partial charge on any atom is 0.297 e. The van der Waals surface area contributed by atoms with Crippen LogP contribution in [0.5, 0.6) is 0 Å². The maximum atomic E-state index is 12.6. The summed E-state index contributed by atoms with van der Waals surface area (Å²) in [7, 11) is 0. The van der Waals surface area contributed by atoms with Crippen molar-refractivity contribution in [2.75, 3.05) is 6.61 Å². The molecule has 4 heterocycles. The second-order valence-electron chi connectivity index (χ2n) is 7.43. The fourth-order valence-corrected chi connectivity index (χ4v) is 3.55. The van der Waals surface area contributed by atoms with Gasteiger partial charge in [-0.05, 0) is 39.8 Å². The summed E-state index contributed by atoms with van der Waals surface area (Å²) in [5.41, 5.74) is 0. The van der Waals surface area contributed by atoms with E-state index in [4.69, 9.17) is 28.1 Å². The quantitative estimate of drug-likeness (QED) is 0.353. The van der Waals surface area contributed by atoms with E-state index in [9.17, 15) is 5.21 Å². The third-order valence-corrected chi connectivity index (χ3v) is 4.51. The van der Waals surface area contributed by atoms with E-state index in [1.54, 1.807) is 12.1 Å². The minimum absolute atomic E-state index is 0.331. The molecule has 0 aromatic carbocycles. The molecule has 0 aliphatic carbocycles. The van der Waals surface area contributed by atoms with Gasteiger partial charge in [-0.15, -0.1) is 0 Å². The first-order valence-electron chi connectivity index (χ1n) is 8.41. The van der Waals surface area contributed by atoms with E-state index >= 15 is 0 Å². The molecule has 3 saturated heterocycles. The largest absolute Gasteiger partial charge is 0.622 e. The van der Waals surface area contributed by atoms with Gasteiger partial charge in [0.2, 0.25) is 6.21 Å². The third-order valence-electron chi connectivity index (χ3n) is 4.51. The summed E-state index contributed by atoms with van der Waals surface area (Å²) in [4.78, 5) is 0. The van der Waals surface area contributed by atoms with Crippen LogP contribution in [0.2, 0.25) is 0 Å². The number of hydrogen-bond donors (Lipinski definition) is 0. The van der Waals surface area contributed by atoms with E-state index in [2.05, 4.69) is 0 Å². The monoisotopic (exact) mass is 353 g/mol. The SMILES string of the molecule is CC1(C)O[C@@H]2[C@H](O1)[C@H](/[N+]([O-])=C/c1ccco1)O[C@@H]2[C@H]1COC(C)(C)O1. The highest BCUT2D eigenvalue weighted by molar-refractivity contribution is 5.71. The van der Waals surface area contributed by atoms with E-state index in [1.165, 1.54) is 12.5 Å². The first-order valence-corrected chi connectivity index (χ1v) is 8.41. The molecule has 3 fully saturated rings. The van der Waals surface area contributed by atoms with Crippen molar-refractivity contribution in [3.05, 3.63) is 29.4 Å². The molecule has 3 aliphatic heterocycles. The Kier molecular flexibility index (Phi) is 3.93. The van der Waals surface area contributed by atoms with Crippen molar-refractivity contribution in [3.8, 4) is 0 Å². The maximum absolute atomic E-state index is 12.6. The van der Waals surface area contributed by atoms with Gasteiger partial charge in [0, 0.05) is 0 Å². The highest BCUT2D eigenvalue weighted by Gasteiger charge is 2.62. The van der Waals surface area contributed by atoms with Gasteiger partial charge in [-0.25, -0.2) is 0 Å². The van der Waals surface area contributed by atoms with E-state index in [-0.39, 0.29) is 6.10 Å². The molecule has 138 valence electrons. The Labute approximate surface area is 145 Å². The van der Waals surface area contributed by atoms with Crippen LogP contribution in [0.25, 0.3) is 0 Å². The van der Waals surface area contributed by atoms with E-state index < -0.39 is 36.1 Å². The Balaban J connectivity index is 1.59. The van der Waals surface area contributed by atoms with Crippen LogP contribution < -0.4 is 0 Å². The topological polar surface area (TPSA) is 85.4 Å². The molecule has 1 aromatic heterocycles. The zero-order chi connectivity index (χ0) is 17.8. The Bertz CT molecular complexity index is 654. The number of ether oxygens (including phenoxy) is 5. The lowest BCUT2D eigenvalue weighted by Crippen LogP contribution is -2.40. The molecule has 8 nitrogen and oxygen atoms in total. The second kappa shape index (κ2) is 5.78. The fraction of sp³-hybridized carbons (Fsp3) is 0.706. The lowest BCUT2D eigenvalue weighted by molar-refractivity contribution is -0.562. The first-order chi connectivity index (χ1) is 11.7. The van der Waals surface area contributed by atoms with Crippen molar-refractivity contribution < 1.29 is 32.8 Å². The van der Waals surface area contributed by atoms with Crippen molar-refractivity contribution in [3.63, 3.8) is 0 Å². The molecular formula is C17H23NO7. The van der Waals surface area contributed by atoms with E-state index in [1.807, 2.05) is 27.7 Å². The van der Waals surface area contributed by atoms with Crippen LogP contribution in [0.1, 0.15) is 33.5 Å². The van der Waals surface area contributed by atoms with Crippen LogP contribution in [0.3, 0.4) is 0 Å². The van der Waals surface area contributed by atoms with Crippen LogP contribution in [-0.4, -0.2) is 59.8 Å². The minimum atomic E-state index is -0.853. The van der Waals surface area contributed by atoms with Crippen LogP contribution >= 0.6 is 0 Å².